The number of amides is 1. The number of aromatic nitrogens is 3. The number of pyridine rings is 1. The number of carbonyl (C=O) groups is 1. The van der Waals surface area contributed by atoms with E-state index in [2.05, 4.69) is 15.3 Å². The average Bonchev–Trinajstić information content (AvgIpc) is 3.24. The van der Waals surface area contributed by atoms with Crippen LogP contribution >= 0.6 is 11.3 Å². The normalized spacial score (nSPS) is 17.0. The first-order valence-corrected chi connectivity index (χ1v) is 8.89. The van der Waals surface area contributed by atoms with Gasteiger partial charge in [-0.2, -0.15) is 0 Å². The SMILES string of the molecule is O=C(Nc1ncc(C2(O)CCCCC2)s1)c1cccc2nccn12. The lowest BCUT2D eigenvalue weighted by molar-refractivity contribution is 0.00264. The Hall–Kier alpha value is -2.25. The number of anilines is 1. The molecule has 7 heteroatoms. The van der Waals surface area contributed by atoms with Crippen LogP contribution in [0.4, 0.5) is 5.13 Å². The van der Waals surface area contributed by atoms with Gasteiger partial charge in [0.05, 0.1) is 4.88 Å². The topological polar surface area (TPSA) is 79.5 Å². The molecule has 0 unspecified atom stereocenters. The summed E-state index contributed by atoms with van der Waals surface area (Å²) in [6.45, 7) is 0. The molecule has 1 saturated carbocycles. The zero-order valence-corrected chi connectivity index (χ0v) is 13.9. The molecule has 0 aromatic carbocycles. The molecule has 0 bridgehead atoms. The molecule has 1 amide bonds. The Morgan fingerprint density at radius 1 is 1.25 bits per heavy atom. The number of carbonyl (C=O) groups excluding carboxylic acids is 1. The molecule has 3 heterocycles. The monoisotopic (exact) mass is 342 g/mol. The van der Waals surface area contributed by atoms with Gasteiger partial charge in [0.25, 0.3) is 5.91 Å². The molecule has 1 fully saturated rings. The van der Waals surface area contributed by atoms with Crippen molar-refractivity contribution in [2.24, 2.45) is 0 Å². The molecular weight excluding hydrogens is 324 g/mol. The smallest absolute Gasteiger partial charge is 0.274 e. The van der Waals surface area contributed by atoms with Crippen LogP contribution in [0.15, 0.2) is 36.8 Å². The molecule has 0 aliphatic heterocycles. The predicted octanol–water partition coefficient (Wildman–Crippen LogP) is 3.19. The number of rotatable bonds is 3. The minimum atomic E-state index is -0.788. The first-order valence-electron chi connectivity index (χ1n) is 8.08. The molecule has 0 spiro atoms. The van der Waals surface area contributed by atoms with E-state index in [1.54, 1.807) is 35.1 Å². The van der Waals surface area contributed by atoms with Crippen LogP contribution < -0.4 is 5.32 Å². The standard InChI is InChI=1S/C17H18N4O2S/c22-15(12-5-4-6-14-18-9-10-21(12)14)20-16-19-11-13(24-16)17(23)7-2-1-3-8-17/h4-6,9-11,23H,1-3,7-8H2,(H,19,20,22). The highest BCUT2D eigenvalue weighted by molar-refractivity contribution is 7.15. The van der Waals surface area contributed by atoms with Gasteiger partial charge in [-0.3, -0.25) is 14.5 Å². The van der Waals surface area contributed by atoms with Crippen LogP contribution in [0.5, 0.6) is 0 Å². The molecule has 124 valence electrons. The van der Waals surface area contributed by atoms with Gasteiger partial charge in [-0.05, 0) is 25.0 Å². The molecule has 0 atom stereocenters. The Labute approximate surface area is 143 Å². The highest BCUT2D eigenvalue weighted by atomic mass is 32.1. The Morgan fingerprint density at radius 2 is 2.08 bits per heavy atom. The Morgan fingerprint density at radius 3 is 2.92 bits per heavy atom. The Kier molecular flexibility index (Phi) is 3.82. The van der Waals surface area contributed by atoms with Gasteiger partial charge in [-0.25, -0.2) is 9.97 Å². The molecule has 1 aliphatic rings. The van der Waals surface area contributed by atoms with Gasteiger partial charge in [-0.15, -0.1) is 0 Å². The fourth-order valence-electron chi connectivity index (χ4n) is 3.22. The van der Waals surface area contributed by atoms with E-state index in [9.17, 15) is 9.90 Å². The third-order valence-corrected chi connectivity index (χ3v) is 5.63. The zero-order chi connectivity index (χ0) is 16.6. The minimum Gasteiger partial charge on any atom is -0.384 e. The van der Waals surface area contributed by atoms with E-state index in [1.165, 1.54) is 17.8 Å². The fraction of sp³-hybridized carbons (Fsp3) is 0.353. The Bertz CT molecular complexity index is 879. The quantitative estimate of drug-likeness (QED) is 0.766. The van der Waals surface area contributed by atoms with Crippen LogP contribution in [0.2, 0.25) is 0 Å². The van der Waals surface area contributed by atoms with Crippen molar-refractivity contribution >= 4 is 28.0 Å². The van der Waals surface area contributed by atoms with E-state index in [0.29, 0.717) is 10.8 Å². The molecule has 24 heavy (non-hydrogen) atoms. The molecule has 6 nitrogen and oxygen atoms in total. The third kappa shape index (κ3) is 2.70. The van der Waals surface area contributed by atoms with Crippen LogP contribution in [0, 0.1) is 0 Å². The number of hydrogen-bond acceptors (Lipinski definition) is 5. The van der Waals surface area contributed by atoms with Gasteiger partial charge in [0.15, 0.2) is 5.13 Å². The van der Waals surface area contributed by atoms with E-state index in [-0.39, 0.29) is 5.91 Å². The maximum Gasteiger partial charge on any atom is 0.274 e. The van der Waals surface area contributed by atoms with E-state index in [4.69, 9.17) is 0 Å². The summed E-state index contributed by atoms with van der Waals surface area (Å²) in [6, 6.07) is 5.39. The maximum atomic E-state index is 12.5. The molecule has 0 saturated heterocycles. The van der Waals surface area contributed by atoms with Crippen LogP contribution in [0.25, 0.3) is 5.65 Å². The number of hydrogen-bond donors (Lipinski definition) is 2. The van der Waals surface area contributed by atoms with Gasteiger partial charge in [0.2, 0.25) is 0 Å². The van der Waals surface area contributed by atoms with E-state index >= 15 is 0 Å². The zero-order valence-electron chi connectivity index (χ0n) is 13.1. The van der Waals surface area contributed by atoms with Crippen molar-refractivity contribution in [3.05, 3.63) is 47.4 Å². The van der Waals surface area contributed by atoms with Crippen molar-refractivity contribution in [3.63, 3.8) is 0 Å². The molecule has 4 rings (SSSR count). The number of imidazole rings is 1. The second-order valence-corrected chi connectivity index (χ2v) is 7.17. The fourth-order valence-corrected chi connectivity index (χ4v) is 4.18. The van der Waals surface area contributed by atoms with Crippen molar-refractivity contribution in [2.45, 2.75) is 37.7 Å². The van der Waals surface area contributed by atoms with Gasteiger partial charge in [0, 0.05) is 18.6 Å². The first-order chi connectivity index (χ1) is 11.7. The second-order valence-electron chi connectivity index (χ2n) is 6.14. The minimum absolute atomic E-state index is 0.241. The summed E-state index contributed by atoms with van der Waals surface area (Å²) in [5.74, 6) is -0.241. The van der Waals surface area contributed by atoms with E-state index in [1.807, 2.05) is 6.07 Å². The summed E-state index contributed by atoms with van der Waals surface area (Å²) >= 11 is 1.35. The van der Waals surface area contributed by atoms with Crippen molar-refractivity contribution in [3.8, 4) is 0 Å². The number of thiazole rings is 1. The summed E-state index contributed by atoms with van der Waals surface area (Å²) in [5.41, 5.74) is 0.431. The highest BCUT2D eigenvalue weighted by Gasteiger charge is 2.33. The van der Waals surface area contributed by atoms with Gasteiger partial charge in [0.1, 0.15) is 16.9 Å². The van der Waals surface area contributed by atoms with Crippen molar-refractivity contribution in [1.29, 1.82) is 0 Å². The first kappa shape index (κ1) is 15.3. The van der Waals surface area contributed by atoms with Crippen molar-refractivity contribution < 1.29 is 9.90 Å². The lowest BCUT2D eigenvalue weighted by Gasteiger charge is -2.30. The summed E-state index contributed by atoms with van der Waals surface area (Å²) in [7, 11) is 0. The largest absolute Gasteiger partial charge is 0.384 e. The number of nitrogens with zero attached hydrogens (tertiary/aromatic N) is 3. The molecule has 3 aromatic rings. The van der Waals surface area contributed by atoms with Crippen LogP contribution in [0.3, 0.4) is 0 Å². The number of fused-ring (bicyclic) bond motifs is 1. The molecule has 3 aromatic heterocycles. The lowest BCUT2D eigenvalue weighted by Crippen LogP contribution is -2.27. The van der Waals surface area contributed by atoms with Crippen LogP contribution in [0.1, 0.15) is 47.5 Å². The maximum absolute atomic E-state index is 12.5. The number of nitrogens with one attached hydrogen (secondary N) is 1. The number of aliphatic hydroxyl groups is 1. The second kappa shape index (κ2) is 5.99. The van der Waals surface area contributed by atoms with Gasteiger partial charge < -0.3 is 5.11 Å². The van der Waals surface area contributed by atoms with Gasteiger partial charge in [-0.1, -0.05) is 36.7 Å². The van der Waals surface area contributed by atoms with Crippen LogP contribution in [-0.2, 0) is 5.60 Å². The van der Waals surface area contributed by atoms with Crippen molar-refractivity contribution in [1.82, 2.24) is 14.4 Å². The molecule has 1 aliphatic carbocycles. The van der Waals surface area contributed by atoms with E-state index < -0.39 is 5.60 Å². The summed E-state index contributed by atoms with van der Waals surface area (Å²) in [6.07, 6.45) is 9.84. The highest BCUT2D eigenvalue weighted by Crippen LogP contribution is 2.40. The summed E-state index contributed by atoms with van der Waals surface area (Å²) in [4.78, 5) is 21.8. The summed E-state index contributed by atoms with van der Waals surface area (Å²) < 4.78 is 1.73. The molecule has 2 N–H and O–H groups in total. The van der Waals surface area contributed by atoms with Crippen molar-refractivity contribution in [2.75, 3.05) is 5.32 Å². The average molecular weight is 342 g/mol. The van der Waals surface area contributed by atoms with E-state index in [0.717, 1.165) is 36.2 Å². The molecule has 0 radical (unpaired) electrons. The third-order valence-electron chi connectivity index (χ3n) is 4.53. The van der Waals surface area contributed by atoms with Gasteiger partial charge >= 0.3 is 0 Å². The molecular formula is C17H18N4O2S. The summed E-state index contributed by atoms with van der Waals surface area (Å²) in [5, 5.41) is 14.1. The predicted molar refractivity (Wildman–Crippen MR) is 92.2 cm³/mol. The lowest BCUT2D eigenvalue weighted by atomic mass is 9.84. The Balaban J connectivity index is 1.55. The van der Waals surface area contributed by atoms with Crippen LogP contribution in [-0.4, -0.2) is 25.4 Å².